The summed E-state index contributed by atoms with van der Waals surface area (Å²) < 4.78 is 0.767. The first-order valence-corrected chi connectivity index (χ1v) is 3.35. The fourth-order valence-electron chi connectivity index (χ4n) is 1.10. The molecule has 0 aliphatic rings. The van der Waals surface area contributed by atoms with E-state index in [1.54, 1.807) is 0 Å². The second-order valence-electron chi connectivity index (χ2n) is 3.43. The first kappa shape index (κ1) is 13.0. The zero-order valence-corrected chi connectivity index (χ0v) is 8.22. The van der Waals surface area contributed by atoms with Crippen LogP contribution in [0.2, 0.25) is 0 Å². The van der Waals surface area contributed by atoms with Crippen LogP contribution in [0.3, 0.4) is 0 Å². The van der Waals surface area contributed by atoms with Crippen LogP contribution in [-0.2, 0) is 0 Å². The van der Waals surface area contributed by atoms with Crippen molar-refractivity contribution in [3.05, 3.63) is 0 Å². The first-order chi connectivity index (χ1) is 4.39. The van der Waals surface area contributed by atoms with E-state index in [0.29, 0.717) is 0 Å². The third-order valence-corrected chi connectivity index (χ3v) is 1.20. The Morgan fingerprint density at radius 1 is 1.18 bits per heavy atom. The summed E-state index contributed by atoms with van der Waals surface area (Å²) in [5.41, 5.74) is 0. The van der Waals surface area contributed by atoms with E-state index in [-0.39, 0.29) is 4.70 Å². The molecule has 0 heterocycles. The summed E-state index contributed by atoms with van der Waals surface area (Å²) in [5.74, 6) is 1.07. The van der Waals surface area contributed by atoms with Gasteiger partial charge in [0, 0.05) is 21.1 Å². The van der Waals surface area contributed by atoms with Crippen molar-refractivity contribution >= 4 is 5.96 Å². The molecule has 0 amide bonds. The largest absolute Gasteiger partial charge is 1.00 e. The number of aliphatic imine (C=N–C) groups is 1. The Labute approximate surface area is 68.3 Å². The maximum Gasteiger partial charge on any atom is 0.298 e. The van der Waals surface area contributed by atoms with Crippen molar-refractivity contribution in [2.24, 2.45) is 4.99 Å². The minimum absolute atomic E-state index is 0. The summed E-state index contributed by atoms with van der Waals surface area (Å²) in [4.78, 5) is 6.20. The van der Waals surface area contributed by atoms with Gasteiger partial charge >= 0.3 is 0 Å². The topological polar surface area (TPSA) is 15.6 Å². The van der Waals surface area contributed by atoms with Crippen LogP contribution in [0, 0.1) is 0 Å². The fraction of sp³-hybridized carbons (Fsp3) is 0.857. The fourth-order valence-corrected chi connectivity index (χ4v) is 1.10. The number of rotatable bonds is 0. The average molecular weight is 163 g/mol. The molecule has 0 unspecified atom stereocenters. The maximum atomic E-state index is 4.17. The van der Waals surface area contributed by atoms with Crippen LogP contribution in [0.25, 0.3) is 0 Å². The minimum atomic E-state index is 0. The summed E-state index contributed by atoms with van der Waals surface area (Å²) in [6.45, 7) is 0. The third-order valence-electron chi connectivity index (χ3n) is 1.20. The summed E-state index contributed by atoms with van der Waals surface area (Å²) >= 11 is 0. The van der Waals surface area contributed by atoms with Gasteiger partial charge in [-0.1, -0.05) is 0 Å². The van der Waals surface area contributed by atoms with Crippen LogP contribution >= 0.6 is 0 Å². The van der Waals surface area contributed by atoms with Crippen molar-refractivity contribution in [2.45, 2.75) is 0 Å². The van der Waals surface area contributed by atoms with E-state index in [1.807, 2.05) is 26.0 Å². The van der Waals surface area contributed by atoms with Gasteiger partial charge in [0.15, 0.2) is 0 Å². The maximum absolute atomic E-state index is 4.17. The molecule has 0 saturated heterocycles. The molecular weight excluding hydrogens is 145 g/mol. The van der Waals surface area contributed by atoms with E-state index >= 15 is 0 Å². The molecule has 0 aromatic carbocycles. The Morgan fingerprint density at radius 2 is 1.55 bits per heavy atom. The monoisotopic (exact) mass is 163 g/mol. The number of guanidine groups is 1. The van der Waals surface area contributed by atoms with Gasteiger partial charge in [0.1, 0.15) is 0 Å². The molecule has 0 aromatic rings. The molecule has 0 radical (unpaired) electrons. The molecule has 0 fully saturated rings. The van der Waals surface area contributed by atoms with Gasteiger partial charge in [0.25, 0.3) is 5.96 Å². The highest BCUT2D eigenvalue weighted by Gasteiger charge is 2.18. The van der Waals surface area contributed by atoms with Crippen molar-refractivity contribution in [2.75, 3.05) is 42.3 Å². The molecule has 0 saturated carbocycles. The Hall–Kier alpha value is -0.640. The Morgan fingerprint density at radius 3 is 1.55 bits per heavy atom. The number of halogens is 1. The molecule has 3 nitrogen and oxygen atoms in total. The predicted molar refractivity (Wildman–Crippen MR) is 45.1 cm³/mol. The van der Waals surface area contributed by atoms with E-state index in [2.05, 4.69) is 26.1 Å². The SMILES string of the molecule is C/N=C(\N(C)C)[N+](C)(C)C.[F-]. The van der Waals surface area contributed by atoms with Gasteiger partial charge in [-0.25, -0.2) is 4.99 Å². The van der Waals surface area contributed by atoms with Crippen LogP contribution in [0.5, 0.6) is 0 Å². The van der Waals surface area contributed by atoms with E-state index < -0.39 is 0 Å². The van der Waals surface area contributed by atoms with Crippen LogP contribution in [-0.4, -0.2) is 57.6 Å². The van der Waals surface area contributed by atoms with Gasteiger partial charge in [-0.05, 0) is 0 Å². The third kappa shape index (κ3) is 3.93. The van der Waals surface area contributed by atoms with Crippen molar-refractivity contribution in [1.29, 1.82) is 0 Å². The van der Waals surface area contributed by atoms with Gasteiger partial charge in [0.2, 0.25) is 0 Å². The standard InChI is InChI=1S/C7H18N3.FH/c1-8-7(9(2)3)10(4,5)6;/h1-6H3;1H/q+1;/p-1/b8-7+;. The van der Waals surface area contributed by atoms with Gasteiger partial charge < -0.3 is 9.60 Å². The summed E-state index contributed by atoms with van der Waals surface area (Å²) in [6.07, 6.45) is 0. The smallest absolute Gasteiger partial charge is 0.298 e. The molecule has 68 valence electrons. The predicted octanol–water partition coefficient (Wildman–Crippen LogP) is -2.76. The zero-order chi connectivity index (χ0) is 8.36. The van der Waals surface area contributed by atoms with Gasteiger partial charge in [0.05, 0.1) is 21.1 Å². The van der Waals surface area contributed by atoms with E-state index in [4.69, 9.17) is 0 Å². The van der Waals surface area contributed by atoms with Crippen LogP contribution in [0.1, 0.15) is 0 Å². The molecule has 0 rings (SSSR count). The number of hydrogen-bond donors (Lipinski definition) is 0. The van der Waals surface area contributed by atoms with Crippen LogP contribution < -0.4 is 4.70 Å². The van der Waals surface area contributed by atoms with Crippen molar-refractivity contribution in [1.82, 2.24) is 4.90 Å². The van der Waals surface area contributed by atoms with Gasteiger partial charge in [-0.2, -0.15) is 0 Å². The molecule has 0 aliphatic carbocycles. The summed E-state index contributed by atoms with van der Waals surface area (Å²) in [6, 6.07) is 0. The summed E-state index contributed by atoms with van der Waals surface area (Å²) in [7, 11) is 12.1. The Kier molecular flexibility index (Phi) is 5.06. The quantitative estimate of drug-likeness (QED) is 0.215. The summed E-state index contributed by atoms with van der Waals surface area (Å²) in [5, 5.41) is 0. The molecule has 11 heavy (non-hydrogen) atoms. The van der Waals surface area contributed by atoms with E-state index in [9.17, 15) is 0 Å². The highest BCUT2D eigenvalue weighted by atomic mass is 19.0. The second-order valence-corrected chi connectivity index (χ2v) is 3.43. The Balaban J connectivity index is 0. The highest BCUT2D eigenvalue weighted by Crippen LogP contribution is 1.96. The highest BCUT2D eigenvalue weighted by molar-refractivity contribution is 5.72. The second kappa shape index (κ2) is 4.28. The molecule has 0 atom stereocenters. The van der Waals surface area contributed by atoms with Crippen LogP contribution in [0.15, 0.2) is 4.99 Å². The normalized spacial score (nSPS) is 12.4. The molecular formula is C7H18FN3. The van der Waals surface area contributed by atoms with Crippen LogP contribution in [0.4, 0.5) is 0 Å². The minimum Gasteiger partial charge on any atom is -1.00 e. The van der Waals surface area contributed by atoms with Crippen molar-refractivity contribution in [3.8, 4) is 0 Å². The lowest BCUT2D eigenvalue weighted by Crippen LogP contribution is -3.00. The van der Waals surface area contributed by atoms with Gasteiger partial charge in [-0.3, -0.25) is 4.48 Å². The Bertz CT molecular complexity index is 135. The lowest BCUT2D eigenvalue weighted by molar-refractivity contribution is -0.782. The van der Waals surface area contributed by atoms with E-state index in [1.165, 1.54) is 0 Å². The lowest BCUT2D eigenvalue weighted by atomic mass is 10.6. The molecule has 0 aromatic heterocycles. The molecule has 0 aliphatic heterocycles. The molecule has 0 bridgehead atoms. The number of nitrogens with zero attached hydrogens (tertiary/aromatic N) is 3. The average Bonchev–Trinajstić information content (AvgIpc) is 1.60. The van der Waals surface area contributed by atoms with E-state index in [0.717, 1.165) is 10.4 Å². The first-order valence-electron chi connectivity index (χ1n) is 3.35. The number of quaternary nitrogens is 1. The van der Waals surface area contributed by atoms with Gasteiger partial charge in [-0.15, -0.1) is 0 Å². The van der Waals surface area contributed by atoms with Crippen molar-refractivity contribution in [3.63, 3.8) is 0 Å². The number of hydrogen-bond acceptors (Lipinski definition) is 1. The zero-order valence-electron chi connectivity index (χ0n) is 8.22. The molecule has 0 spiro atoms. The van der Waals surface area contributed by atoms with Crippen molar-refractivity contribution < 1.29 is 9.19 Å². The molecule has 4 heteroatoms. The molecule has 0 N–H and O–H groups in total. The lowest BCUT2D eigenvalue weighted by Gasteiger charge is -2.28.